The zero-order valence-electron chi connectivity index (χ0n) is 9.58. The van der Waals surface area contributed by atoms with Gasteiger partial charge in [0.1, 0.15) is 0 Å². The van der Waals surface area contributed by atoms with Crippen molar-refractivity contribution in [1.29, 1.82) is 0 Å². The van der Waals surface area contributed by atoms with Gasteiger partial charge < -0.3 is 10.1 Å². The summed E-state index contributed by atoms with van der Waals surface area (Å²) in [6, 6.07) is 7.91. The first-order valence-corrected chi connectivity index (χ1v) is 6.19. The van der Waals surface area contributed by atoms with Crippen molar-refractivity contribution in [3.8, 4) is 0 Å². The largest absolute Gasteiger partial charge is 0.372 e. The van der Waals surface area contributed by atoms with Crippen LogP contribution in [0.2, 0.25) is 5.02 Å². The molecule has 1 saturated carbocycles. The van der Waals surface area contributed by atoms with E-state index in [2.05, 4.69) is 5.32 Å². The zero-order valence-corrected chi connectivity index (χ0v) is 10.3. The molecule has 0 aliphatic heterocycles. The first-order chi connectivity index (χ1) is 7.79. The van der Waals surface area contributed by atoms with Crippen molar-refractivity contribution in [3.05, 3.63) is 34.9 Å². The molecule has 1 atom stereocenters. The van der Waals surface area contributed by atoms with Crippen LogP contribution in [0, 0.1) is 5.92 Å². The van der Waals surface area contributed by atoms with Crippen LogP contribution in [-0.4, -0.2) is 20.2 Å². The molecule has 1 aliphatic carbocycles. The number of hydrogen-bond acceptors (Lipinski definition) is 2. The molecule has 0 spiro atoms. The van der Waals surface area contributed by atoms with Crippen LogP contribution in [0.5, 0.6) is 0 Å². The molecule has 0 aromatic heterocycles. The maximum Gasteiger partial charge on any atom is 0.0949 e. The van der Waals surface area contributed by atoms with Crippen LogP contribution in [0.3, 0.4) is 0 Å². The maximum atomic E-state index is 5.93. The number of rotatable bonds is 6. The number of hydrogen-bond donors (Lipinski definition) is 1. The van der Waals surface area contributed by atoms with Gasteiger partial charge in [0.15, 0.2) is 0 Å². The molecule has 0 radical (unpaired) electrons. The Morgan fingerprint density at radius 3 is 2.62 bits per heavy atom. The lowest BCUT2D eigenvalue weighted by Gasteiger charge is -2.18. The second-order valence-electron chi connectivity index (χ2n) is 4.37. The lowest BCUT2D eigenvalue weighted by Crippen LogP contribution is -2.20. The first kappa shape index (κ1) is 11.9. The Balaban J connectivity index is 1.95. The van der Waals surface area contributed by atoms with Crippen LogP contribution in [0.4, 0.5) is 0 Å². The van der Waals surface area contributed by atoms with Crippen LogP contribution in [-0.2, 0) is 4.74 Å². The molecular formula is C13H18ClNO. The molecule has 16 heavy (non-hydrogen) atoms. The van der Waals surface area contributed by atoms with Gasteiger partial charge in [-0.3, -0.25) is 0 Å². The molecule has 1 fully saturated rings. The average molecular weight is 240 g/mol. The number of benzene rings is 1. The summed E-state index contributed by atoms with van der Waals surface area (Å²) in [5.41, 5.74) is 1.19. The molecule has 2 nitrogen and oxygen atoms in total. The van der Waals surface area contributed by atoms with E-state index in [1.165, 1.54) is 18.4 Å². The minimum atomic E-state index is 0.142. The summed E-state index contributed by atoms with van der Waals surface area (Å²) in [4.78, 5) is 0. The van der Waals surface area contributed by atoms with Gasteiger partial charge in [-0.25, -0.2) is 0 Å². The van der Waals surface area contributed by atoms with E-state index in [1.54, 1.807) is 0 Å². The van der Waals surface area contributed by atoms with Crippen molar-refractivity contribution < 1.29 is 4.74 Å². The molecule has 1 unspecified atom stereocenters. The van der Waals surface area contributed by atoms with Crippen molar-refractivity contribution in [3.63, 3.8) is 0 Å². The summed E-state index contributed by atoms with van der Waals surface area (Å²) in [6.45, 7) is 1.73. The van der Waals surface area contributed by atoms with Crippen molar-refractivity contribution in [2.75, 3.05) is 20.2 Å². The van der Waals surface area contributed by atoms with Gasteiger partial charge in [0.2, 0.25) is 0 Å². The lowest BCUT2D eigenvalue weighted by atomic mass is 10.1. The topological polar surface area (TPSA) is 21.3 Å². The Labute approximate surface area is 102 Å². The van der Waals surface area contributed by atoms with Gasteiger partial charge in [-0.05, 0) is 43.5 Å². The fraction of sp³-hybridized carbons (Fsp3) is 0.538. The molecule has 1 aromatic rings. The molecule has 1 aromatic carbocycles. The second kappa shape index (κ2) is 5.67. The average Bonchev–Trinajstić information content (AvgIpc) is 3.09. The third-order valence-corrected chi connectivity index (χ3v) is 3.11. The van der Waals surface area contributed by atoms with E-state index in [4.69, 9.17) is 16.3 Å². The normalized spacial score (nSPS) is 17.4. The maximum absolute atomic E-state index is 5.93. The van der Waals surface area contributed by atoms with Gasteiger partial charge in [-0.1, -0.05) is 23.7 Å². The Morgan fingerprint density at radius 2 is 2.06 bits per heavy atom. The molecule has 1 aliphatic rings. The van der Waals surface area contributed by atoms with Crippen LogP contribution < -0.4 is 5.32 Å². The number of likely N-dealkylation sites (N-methyl/N-ethyl adjacent to an activating group) is 1. The molecular weight excluding hydrogens is 222 g/mol. The molecule has 0 amide bonds. The lowest BCUT2D eigenvalue weighted by molar-refractivity contribution is 0.0465. The smallest absolute Gasteiger partial charge is 0.0949 e. The van der Waals surface area contributed by atoms with Gasteiger partial charge in [0.25, 0.3) is 0 Å². The molecule has 0 heterocycles. The quantitative estimate of drug-likeness (QED) is 0.824. The monoisotopic (exact) mass is 239 g/mol. The first-order valence-electron chi connectivity index (χ1n) is 5.81. The summed E-state index contributed by atoms with van der Waals surface area (Å²) in [7, 11) is 1.95. The molecule has 0 bridgehead atoms. The Morgan fingerprint density at radius 1 is 1.38 bits per heavy atom. The summed E-state index contributed by atoms with van der Waals surface area (Å²) in [5.74, 6) is 0.798. The Kier molecular flexibility index (Phi) is 4.22. The zero-order chi connectivity index (χ0) is 11.4. The van der Waals surface area contributed by atoms with E-state index in [0.29, 0.717) is 0 Å². The molecule has 2 rings (SSSR count). The second-order valence-corrected chi connectivity index (χ2v) is 4.81. The van der Waals surface area contributed by atoms with E-state index in [-0.39, 0.29) is 6.10 Å². The summed E-state index contributed by atoms with van der Waals surface area (Å²) < 4.78 is 5.93. The standard InChI is InChI=1S/C13H18ClNO/c1-15-8-13(16-9-10-2-3-10)11-4-6-12(14)7-5-11/h4-7,10,13,15H,2-3,8-9H2,1H3. The summed E-state index contributed by atoms with van der Waals surface area (Å²) in [6.07, 6.45) is 2.79. The van der Waals surface area contributed by atoms with E-state index in [1.807, 2.05) is 31.3 Å². The molecule has 1 N–H and O–H groups in total. The number of halogens is 1. The Bertz CT molecular complexity index is 321. The Hall–Kier alpha value is -0.570. The highest BCUT2D eigenvalue weighted by Crippen LogP contribution is 2.31. The predicted molar refractivity (Wildman–Crippen MR) is 66.8 cm³/mol. The summed E-state index contributed by atoms with van der Waals surface area (Å²) >= 11 is 5.87. The van der Waals surface area contributed by atoms with E-state index >= 15 is 0 Å². The third-order valence-electron chi connectivity index (χ3n) is 2.86. The highest BCUT2D eigenvalue weighted by molar-refractivity contribution is 6.30. The summed E-state index contributed by atoms with van der Waals surface area (Å²) in [5, 5.41) is 3.94. The van der Waals surface area contributed by atoms with Crippen LogP contribution in [0.25, 0.3) is 0 Å². The van der Waals surface area contributed by atoms with Gasteiger partial charge in [-0.2, -0.15) is 0 Å². The minimum Gasteiger partial charge on any atom is -0.372 e. The van der Waals surface area contributed by atoms with Crippen molar-refractivity contribution in [2.45, 2.75) is 18.9 Å². The van der Waals surface area contributed by atoms with Gasteiger partial charge in [-0.15, -0.1) is 0 Å². The van der Waals surface area contributed by atoms with Crippen molar-refractivity contribution in [2.24, 2.45) is 5.92 Å². The van der Waals surface area contributed by atoms with Crippen LogP contribution in [0.15, 0.2) is 24.3 Å². The van der Waals surface area contributed by atoms with E-state index in [9.17, 15) is 0 Å². The molecule has 0 saturated heterocycles. The van der Waals surface area contributed by atoms with Gasteiger partial charge in [0, 0.05) is 11.6 Å². The SMILES string of the molecule is CNCC(OCC1CC1)c1ccc(Cl)cc1. The van der Waals surface area contributed by atoms with Crippen LogP contribution >= 0.6 is 11.6 Å². The van der Waals surface area contributed by atoms with Gasteiger partial charge in [0.05, 0.1) is 12.7 Å². The minimum absolute atomic E-state index is 0.142. The number of nitrogens with one attached hydrogen (secondary N) is 1. The predicted octanol–water partition coefficient (Wildman–Crippen LogP) is 3.03. The highest BCUT2D eigenvalue weighted by Gasteiger charge is 2.23. The van der Waals surface area contributed by atoms with Crippen molar-refractivity contribution >= 4 is 11.6 Å². The van der Waals surface area contributed by atoms with E-state index in [0.717, 1.165) is 24.1 Å². The fourth-order valence-corrected chi connectivity index (χ4v) is 1.80. The van der Waals surface area contributed by atoms with Crippen molar-refractivity contribution in [1.82, 2.24) is 5.32 Å². The van der Waals surface area contributed by atoms with Crippen LogP contribution in [0.1, 0.15) is 24.5 Å². The van der Waals surface area contributed by atoms with E-state index < -0.39 is 0 Å². The molecule has 3 heteroatoms. The number of ether oxygens (including phenoxy) is 1. The highest BCUT2D eigenvalue weighted by atomic mass is 35.5. The molecule has 88 valence electrons. The van der Waals surface area contributed by atoms with Gasteiger partial charge >= 0.3 is 0 Å². The fourth-order valence-electron chi connectivity index (χ4n) is 1.67. The third kappa shape index (κ3) is 3.48.